The van der Waals surface area contributed by atoms with Gasteiger partial charge in [0.25, 0.3) is 5.91 Å². The zero-order valence-electron chi connectivity index (χ0n) is 14.5. The fourth-order valence-electron chi connectivity index (χ4n) is 3.40. The van der Waals surface area contributed by atoms with Crippen molar-refractivity contribution in [3.05, 3.63) is 95.8 Å². The van der Waals surface area contributed by atoms with E-state index >= 15 is 0 Å². The van der Waals surface area contributed by atoms with Crippen LogP contribution in [0.4, 0.5) is 10.1 Å². The number of ether oxygens (including phenoxy) is 1. The maximum Gasteiger partial charge on any atom is 0.268 e. The van der Waals surface area contributed by atoms with Crippen LogP contribution in [0.2, 0.25) is 0 Å². The van der Waals surface area contributed by atoms with Crippen molar-refractivity contribution in [2.75, 3.05) is 18.1 Å². The lowest BCUT2D eigenvalue weighted by Crippen LogP contribution is -2.42. The molecule has 1 aliphatic rings. The summed E-state index contributed by atoms with van der Waals surface area (Å²) in [7, 11) is 0. The van der Waals surface area contributed by atoms with Gasteiger partial charge in [-0.2, -0.15) is 0 Å². The Bertz CT molecular complexity index is 959. The molecule has 3 aromatic rings. The van der Waals surface area contributed by atoms with Crippen molar-refractivity contribution >= 4 is 11.6 Å². The zero-order valence-corrected chi connectivity index (χ0v) is 14.5. The molecule has 1 amide bonds. The predicted octanol–water partition coefficient (Wildman–Crippen LogP) is 3.49. The van der Waals surface area contributed by atoms with Crippen molar-refractivity contribution in [1.82, 2.24) is 0 Å². The highest BCUT2D eigenvalue weighted by Crippen LogP contribution is 2.44. The largest absolute Gasteiger partial charge is 0.492 e. The van der Waals surface area contributed by atoms with Gasteiger partial charge in [-0.1, -0.05) is 48.5 Å². The first-order chi connectivity index (χ1) is 13.1. The predicted molar refractivity (Wildman–Crippen MR) is 100 cm³/mol. The van der Waals surface area contributed by atoms with Gasteiger partial charge in [0.15, 0.2) is 5.60 Å². The van der Waals surface area contributed by atoms with Gasteiger partial charge in [0.1, 0.15) is 18.2 Å². The highest BCUT2D eigenvalue weighted by molar-refractivity contribution is 6.09. The number of carbonyl (C=O) groups excluding carboxylic acids is 1. The first-order valence-electron chi connectivity index (χ1n) is 8.68. The minimum absolute atomic E-state index is 0.219. The molecule has 4 nitrogen and oxygen atoms in total. The minimum atomic E-state index is -1.71. The number of anilines is 1. The standard InChI is InChI=1S/C22H18FNO3/c23-17-10-12-18(13-11-17)27-15-14-24-20-9-5-4-8-19(20)22(26,21(24)25)16-6-2-1-3-7-16/h1-13,26H,14-15H2/t22-/m0/s1. The number of rotatable bonds is 5. The molecule has 0 bridgehead atoms. The minimum Gasteiger partial charge on any atom is -0.492 e. The second-order valence-electron chi connectivity index (χ2n) is 6.35. The van der Waals surface area contributed by atoms with E-state index in [4.69, 9.17) is 4.74 Å². The Hall–Kier alpha value is -3.18. The fourth-order valence-corrected chi connectivity index (χ4v) is 3.40. The highest BCUT2D eigenvalue weighted by atomic mass is 19.1. The average Bonchev–Trinajstić information content (AvgIpc) is 2.93. The van der Waals surface area contributed by atoms with Crippen LogP contribution >= 0.6 is 0 Å². The monoisotopic (exact) mass is 363 g/mol. The smallest absolute Gasteiger partial charge is 0.268 e. The number of carbonyl (C=O) groups is 1. The van der Waals surface area contributed by atoms with Gasteiger partial charge in [-0.05, 0) is 35.9 Å². The molecule has 0 radical (unpaired) electrons. The normalized spacial score (nSPS) is 18.4. The summed E-state index contributed by atoms with van der Waals surface area (Å²) in [6.45, 7) is 0.485. The molecule has 0 spiro atoms. The van der Waals surface area contributed by atoms with Crippen LogP contribution in [0.15, 0.2) is 78.9 Å². The molecule has 1 aliphatic heterocycles. The summed E-state index contributed by atoms with van der Waals surface area (Å²) in [6, 6.07) is 21.8. The number of aliphatic hydroxyl groups is 1. The Morgan fingerprint density at radius 2 is 1.59 bits per heavy atom. The lowest BCUT2D eigenvalue weighted by molar-refractivity contribution is -0.132. The molecule has 0 aliphatic carbocycles. The van der Waals surface area contributed by atoms with Crippen molar-refractivity contribution < 1.29 is 19.0 Å². The molecule has 0 fully saturated rings. The molecule has 0 saturated carbocycles. The molecule has 136 valence electrons. The van der Waals surface area contributed by atoms with Crippen LogP contribution in [-0.2, 0) is 10.4 Å². The second-order valence-corrected chi connectivity index (χ2v) is 6.35. The summed E-state index contributed by atoms with van der Waals surface area (Å²) in [6.07, 6.45) is 0. The third-order valence-electron chi connectivity index (χ3n) is 4.73. The van der Waals surface area contributed by atoms with Gasteiger partial charge in [-0.3, -0.25) is 4.79 Å². The van der Waals surface area contributed by atoms with E-state index in [-0.39, 0.29) is 19.0 Å². The third-order valence-corrected chi connectivity index (χ3v) is 4.73. The maximum atomic E-state index is 13.1. The average molecular weight is 363 g/mol. The van der Waals surface area contributed by atoms with E-state index in [2.05, 4.69) is 0 Å². The van der Waals surface area contributed by atoms with Crippen LogP contribution < -0.4 is 9.64 Å². The Kier molecular flexibility index (Phi) is 4.38. The Morgan fingerprint density at radius 3 is 2.33 bits per heavy atom. The Labute approximate surface area is 156 Å². The number of amides is 1. The van der Waals surface area contributed by atoms with Gasteiger partial charge in [0, 0.05) is 5.56 Å². The zero-order chi connectivity index (χ0) is 18.9. The summed E-state index contributed by atoms with van der Waals surface area (Å²) in [5.74, 6) is -0.216. The van der Waals surface area contributed by atoms with Crippen LogP contribution in [0.3, 0.4) is 0 Å². The van der Waals surface area contributed by atoms with Gasteiger partial charge in [-0.15, -0.1) is 0 Å². The number of hydrogen-bond donors (Lipinski definition) is 1. The fraction of sp³-hybridized carbons (Fsp3) is 0.136. The molecular weight excluding hydrogens is 345 g/mol. The van der Waals surface area contributed by atoms with Gasteiger partial charge >= 0.3 is 0 Å². The van der Waals surface area contributed by atoms with E-state index in [1.54, 1.807) is 36.4 Å². The Balaban J connectivity index is 1.59. The van der Waals surface area contributed by atoms with E-state index in [0.717, 1.165) is 0 Å². The van der Waals surface area contributed by atoms with Crippen LogP contribution in [-0.4, -0.2) is 24.2 Å². The first kappa shape index (κ1) is 17.2. The SMILES string of the molecule is O=C1N(CCOc2ccc(F)cc2)c2ccccc2[C@@]1(O)c1ccccc1. The summed E-state index contributed by atoms with van der Waals surface area (Å²) in [4.78, 5) is 14.7. The number of benzene rings is 3. The first-order valence-corrected chi connectivity index (χ1v) is 8.68. The summed E-state index contributed by atoms with van der Waals surface area (Å²) < 4.78 is 18.6. The van der Waals surface area contributed by atoms with E-state index < -0.39 is 11.5 Å². The highest BCUT2D eigenvalue weighted by Gasteiger charge is 2.50. The van der Waals surface area contributed by atoms with Gasteiger partial charge < -0.3 is 14.7 Å². The van der Waals surface area contributed by atoms with Crippen LogP contribution in [0.1, 0.15) is 11.1 Å². The van der Waals surface area contributed by atoms with Gasteiger partial charge in [-0.25, -0.2) is 4.39 Å². The van der Waals surface area contributed by atoms with Gasteiger partial charge in [0.2, 0.25) is 0 Å². The second kappa shape index (κ2) is 6.85. The molecule has 0 aromatic heterocycles. The molecule has 4 rings (SSSR count). The molecule has 1 N–H and O–H groups in total. The molecular formula is C22H18FNO3. The number of para-hydroxylation sites is 1. The third kappa shape index (κ3) is 2.96. The van der Waals surface area contributed by atoms with Crippen LogP contribution in [0, 0.1) is 5.82 Å². The molecule has 3 aromatic carbocycles. The lowest BCUT2D eigenvalue weighted by Gasteiger charge is -2.23. The van der Waals surface area contributed by atoms with Gasteiger partial charge in [0.05, 0.1) is 12.2 Å². The van der Waals surface area contributed by atoms with Crippen molar-refractivity contribution in [2.45, 2.75) is 5.60 Å². The molecule has 27 heavy (non-hydrogen) atoms. The lowest BCUT2D eigenvalue weighted by atomic mass is 9.88. The maximum absolute atomic E-state index is 13.1. The molecule has 1 atom stereocenters. The van der Waals surface area contributed by atoms with Crippen LogP contribution in [0.5, 0.6) is 5.75 Å². The Morgan fingerprint density at radius 1 is 0.926 bits per heavy atom. The molecule has 5 heteroatoms. The topological polar surface area (TPSA) is 49.8 Å². The number of hydrogen-bond acceptors (Lipinski definition) is 3. The van der Waals surface area contributed by atoms with Crippen molar-refractivity contribution in [3.8, 4) is 5.75 Å². The van der Waals surface area contributed by atoms with Crippen molar-refractivity contribution in [3.63, 3.8) is 0 Å². The van der Waals surface area contributed by atoms with Crippen LogP contribution in [0.25, 0.3) is 0 Å². The summed E-state index contributed by atoms with van der Waals surface area (Å²) >= 11 is 0. The van der Waals surface area contributed by atoms with Crippen molar-refractivity contribution in [1.29, 1.82) is 0 Å². The quantitative estimate of drug-likeness (QED) is 0.755. The number of halogens is 1. The van der Waals surface area contributed by atoms with E-state index in [1.165, 1.54) is 29.2 Å². The number of nitrogens with zero attached hydrogens (tertiary/aromatic N) is 1. The van der Waals surface area contributed by atoms with E-state index in [1.807, 2.05) is 18.2 Å². The summed E-state index contributed by atoms with van der Waals surface area (Å²) in [5, 5.41) is 11.3. The number of fused-ring (bicyclic) bond motifs is 1. The van der Waals surface area contributed by atoms with E-state index in [0.29, 0.717) is 22.6 Å². The van der Waals surface area contributed by atoms with E-state index in [9.17, 15) is 14.3 Å². The van der Waals surface area contributed by atoms with Crippen molar-refractivity contribution in [2.24, 2.45) is 0 Å². The molecule has 0 unspecified atom stereocenters. The molecule has 0 saturated heterocycles. The molecule has 1 heterocycles. The summed E-state index contributed by atoms with van der Waals surface area (Å²) in [5.41, 5.74) is 0.0391.